The third kappa shape index (κ3) is 2.66. The number of carboxylic acids is 1. The molecule has 0 saturated heterocycles. The second-order valence-corrected chi connectivity index (χ2v) is 3.94. The molecule has 1 unspecified atom stereocenters. The van der Waals surface area contributed by atoms with Crippen LogP contribution in [0.5, 0.6) is 0 Å². The van der Waals surface area contributed by atoms with Gasteiger partial charge in [-0.05, 0) is 12.1 Å². The first-order chi connectivity index (χ1) is 9.13. The lowest BCUT2D eigenvalue weighted by molar-refractivity contribution is -0.596. The Morgan fingerprint density at radius 2 is 1.95 bits per heavy atom. The standard InChI is InChI=1S/C14H11NO4/c16-9-13(17)11-5-1-2-6-12(11)15-7-3-4-10(8-15)14(18)19/h1-9,13,17H/p+1. The molecule has 2 rings (SSSR count). The molecule has 1 atom stereocenters. The molecule has 0 aliphatic rings. The predicted molar refractivity (Wildman–Crippen MR) is 66.0 cm³/mol. The van der Waals surface area contributed by atoms with Crippen LogP contribution in [0.2, 0.25) is 0 Å². The van der Waals surface area contributed by atoms with E-state index in [1.807, 2.05) is 0 Å². The predicted octanol–water partition coefficient (Wildman–Crippen LogP) is 0.894. The molecule has 0 radical (unpaired) electrons. The van der Waals surface area contributed by atoms with E-state index in [-0.39, 0.29) is 5.56 Å². The molecule has 1 aromatic heterocycles. The van der Waals surface area contributed by atoms with Gasteiger partial charge in [0.15, 0.2) is 18.7 Å². The normalized spacial score (nSPS) is 11.8. The zero-order valence-corrected chi connectivity index (χ0v) is 9.93. The average Bonchev–Trinajstić information content (AvgIpc) is 2.46. The van der Waals surface area contributed by atoms with Crippen molar-refractivity contribution in [2.75, 3.05) is 0 Å². The molecule has 0 aliphatic heterocycles. The van der Waals surface area contributed by atoms with Gasteiger partial charge in [0.05, 0.1) is 5.56 Å². The summed E-state index contributed by atoms with van der Waals surface area (Å²) in [5.74, 6) is -1.04. The van der Waals surface area contributed by atoms with Gasteiger partial charge in [-0.15, -0.1) is 0 Å². The SMILES string of the molecule is O=CC(O)c1ccccc1-[n+]1cccc(C(=O)O)c1. The molecule has 5 nitrogen and oxygen atoms in total. The van der Waals surface area contributed by atoms with E-state index in [9.17, 15) is 14.7 Å². The molecule has 1 aromatic carbocycles. The molecular formula is C14H12NO4+. The zero-order chi connectivity index (χ0) is 13.8. The summed E-state index contributed by atoms with van der Waals surface area (Å²) in [5.41, 5.74) is 1.10. The van der Waals surface area contributed by atoms with Crippen LogP contribution in [-0.2, 0) is 4.79 Å². The Bertz CT molecular complexity index is 624. The van der Waals surface area contributed by atoms with Crippen molar-refractivity contribution >= 4 is 12.3 Å². The summed E-state index contributed by atoms with van der Waals surface area (Å²) >= 11 is 0. The first-order valence-corrected chi connectivity index (χ1v) is 5.61. The maximum atomic E-state index is 10.9. The molecular weight excluding hydrogens is 246 g/mol. The van der Waals surface area contributed by atoms with Gasteiger partial charge in [0.1, 0.15) is 11.7 Å². The number of benzene rings is 1. The number of aromatic nitrogens is 1. The number of aldehydes is 1. The summed E-state index contributed by atoms with van der Waals surface area (Å²) < 4.78 is 1.56. The Kier molecular flexibility index (Phi) is 3.68. The van der Waals surface area contributed by atoms with Gasteiger partial charge in [0.2, 0.25) is 5.69 Å². The third-order valence-corrected chi connectivity index (χ3v) is 2.71. The molecule has 0 aliphatic carbocycles. The van der Waals surface area contributed by atoms with Crippen LogP contribution in [0.25, 0.3) is 5.69 Å². The fraction of sp³-hybridized carbons (Fsp3) is 0.0714. The quantitative estimate of drug-likeness (QED) is 0.630. The van der Waals surface area contributed by atoms with Gasteiger partial charge in [0, 0.05) is 12.1 Å². The fourth-order valence-electron chi connectivity index (χ4n) is 1.80. The van der Waals surface area contributed by atoms with Gasteiger partial charge < -0.3 is 15.0 Å². The summed E-state index contributed by atoms with van der Waals surface area (Å²) in [6.45, 7) is 0. The number of nitrogens with zero attached hydrogens (tertiary/aromatic N) is 1. The van der Waals surface area contributed by atoms with Crippen LogP contribution in [-0.4, -0.2) is 22.5 Å². The molecule has 0 bridgehead atoms. The van der Waals surface area contributed by atoms with Crippen molar-refractivity contribution in [3.63, 3.8) is 0 Å². The number of para-hydroxylation sites is 1. The van der Waals surface area contributed by atoms with Crippen LogP contribution in [0.4, 0.5) is 0 Å². The van der Waals surface area contributed by atoms with Crippen molar-refractivity contribution in [3.05, 3.63) is 59.9 Å². The minimum absolute atomic E-state index is 0.123. The zero-order valence-electron chi connectivity index (χ0n) is 9.93. The number of aromatic carboxylic acids is 1. The molecule has 0 spiro atoms. The van der Waals surface area contributed by atoms with E-state index in [0.717, 1.165) is 0 Å². The second-order valence-electron chi connectivity index (χ2n) is 3.94. The fourth-order valence-corrected chi connectivity index (χ4v) is 1.80. The van der Waals surface area contributed by atoms with Crippen molar-refractivity contribution < 1.29 is 24.4 Å². The Morgan fingerprint density at radius 1 is 1.21 bits per heavy atom. The van der Waals surface area contributed by atoms with Gasteiger partial charge in [-0.2, -0.15) is 4.57 Å². The van der Waals surface area contributed by atoms with E-state index in [2.05, 4.69) is 0 Å². The highest BCUT2D eigenvalue weighted by Gasteiger charge is 2.19. The Morgan fingerprint density at radius 3 is 2.63 bits per heavy atom. The molecule has 96 valence electrons. The molecule has 5 heteroatoms. The van der Waals surface area contributed by atoms with Crippen LogP contribution < -0.4 is 4.57 Å². The van der Waals surface area contributed by atoms with Gasteiger partial charge >= 0.3 is 5.97 Å². The van der Waals surface area contributed by atoms with Crippen molar-refractivity contribution in [1.29, 1.82) is 0 Å². The number of pyridine rings is 1. The van der Waals surface area contributed by atoms with Crippen LogP contribution >= 0.6 is 0 Å². The topological polar surface area (TPSA) is 78.5 Å². The maximum absolute atomic E-state index is 10.9. The average molecular weight is 258 g/mol. The molecule has 1 heterocycles. The van der Waals surface area contributed by atoms with Gasteiger partial charge in [-0.3, -0.25) is 0 Å². The largest absolute Gasteiger partial charge is 0.477 e. The highest BCUT2D eigenvalue weighted by atomic mass is 16.4. The number of aliphatic hydroxyl groups excluding tert-OH is 1. The van der Waals surface area contributed by atoms with Gasteiger partial charge in [-0.1, -0.05) is 12.1 Å². The van der Waals surface area contributed by atoms with Crippen molar-refractivity contribution in [2.24, 2.45) is 0 Å². The van der Waals surface area contributed by atoms with Gasteiger partial charge in [-0.25, -0.2) is 4.79 Å². The van der Waals surface area contributed by atoms with E-state index in [1.54, 1.807) is 41.1 Å². The molecule has 0 saturated carbocycles. The highest BCUT2D eigenvalue weighted by molar-refractivity contribution is 5.86. The van der Waals surface area contributed by atoms with Crippen molar-refractivity contribution in [2.45, 2.75) is 6.10 Å². The maximum Gasteiger partial charge on any atom is 0.341 e. The van der Waals surface area contributed by atoms with E-state index in [1.165, 1.54) is 12.3 Å². The van der Waals surface area contributed by atoms with Crippen molar-refractivity contribution in [3.8, 4) is 5.69 Å². The second kappa shape index (κ2) is 5.41. The first-order valence-electron chi connectivity index (χ1n) is 5.61. The van der Waals surface area contributed by atoms with E-state index < -0.39 is 12.1 Å². The smallest absolute Gasteiger partial charge is 0.341 e. The van der Waals surface area contributed by atoms with E-state index >= 15 is 0 Å². The minimum atomic E-state index is -1.24. The Hall–Kier alpha value is -2.53. The van der Waals surface area contributed by atoms with Crippen molar-refractivity contribution in [1.82, 2.24) is 0 Å². The van der Waals surface area contributed by atoms with Crippen LogP contribution in [0.15, 0.2) is 48.8 Å². The lowest BCUT2D eigenvalue weighted by atomic mass is 10.1. The Labute approximate surface area is 109 Å². The van der Waals surface area contributed by atoms with Crippen LogP contribution in [0, 0.1) is 0 Å². The van der Waals surface area contributed by atoms with Gasteiger partial charge in [0.25, 0.3) is 0 Å². The van der Waals surface area contributed by atoms with Crippen LogP contribution in [0.3, 0.4) is 0 Å². The Balaban J connectivity index is 2.55. The minimum Gasteiger partial charge on any atom is -0.477 e. The van der Waals surface area contributed by atoms with E-state index in [4.69, 9.17) is 5.11 Å². The number of aliphatic hydroxyl groups is 1. The molecule has 2 N–H and O–H groups in total. The monoisotopic (exact) mass is 258 g/mol. The summed E-state index contributed by atoms with van der Waals surface area (Å²) in [6, 6.07) is 9.83. The lowest BCUT2D eigenvalue weighted by Gasteiger charge is -2.06. The molecule has 2 aromatic rings. The molecule has 0 fully saturated rings. The number of hydrogen-bond acceptors (Lipinski definition) is 3. The highest BCUT2D eigenvalue weighted by Crippen LogP contribution is 2.16. The third-order valence-electron chi connectivity index (χ3n) is 2.71. The summed E-state index contributed by atoms with van der Waals surface area (Å²) in [6.07, 6.45) is 2.28. The van der Waals surface area contributed by atoms with Crippen LogP contribution in [0.1, 0.15) is 22.0 Å². The first kappa shape index (κ1) is 12.9. The number of carboxylic acid groups (broad SMARTS) is 1. The number of rotatable bonds is 4. The lowest BCUT2D eigenvalue weighted by Crippen LogP contribution is -2.32. The molecule has 0 amide bonds. The summed E-state index contributed by atoms with van der Waals surface area (Å²) in [7, 11) is 0. The number of hydrogen-bond donors (Lipinski definition) is 2. The summed E-state index contributed by atoms with van der Waals surface area (Å²) in [5, 5.41) is 18.6. The number of carbonyl (C=O) groups excluding carboxylic acids is 1. The number of carbonyl (C=O) groups is 2. The van der Waals surface area contributed by atoms with E-state index in [0.29, 0.717) is 17.5 Å². The summed E-state index contributed by atoms with van der Waals surface area (Å²) in [4.78, 5) is 21.7. The molecule has 19 heavy (non-hydrogen) atoms.